The van der Waals surface area contributed by atoms with Gasteiger partial charge in [-0.2, -0.15) is 0 Å². The molecule has 1 aromatic heterocycles. The Kier molecular flexibility index (Phi) is 7.77. The zero-order valence-corrected chi connectivity index (χ0v) is 18.7. The first-order valence-electron chi connectivity index (χ1n) is 9.97. The summed E-state index contributed by atoms with van der Waals surface area (Å²) in [6.07, 6.45) is 1.70. The predicted octanol–water partition coefficient (Wildman–Crippen LogP) is 4.13. The molecule has 0 aliphatic carbocycles. The second kappa shape index (κ2) is 10.7. The van der Waals surface area contributed by atoms with E-state index in [-0.39, 0.29) is 23.4 Å². The summed E-state index contributed by atoms with van der Waals surface area (Å²) in [5, 5.41) is 14.6. The molecule has 0 aliphatic heterocycles. The summed E-state index contributed by atoms with van der Waals surface area (Å²) in [7, 11) is 0. The summed E-state index contributed by atoms with van der Waals surface area (Å²) in [6.45, 7) is 7.95. The standard InChI is InChI=1S/C23H24FN5O2S/c1-4-12-29-21(16(3)25-22(31)17-7-5-6-15(2)13-17)27-28-23(29)32-14-20(30)26-19-10-8-18(24)9-11-19/h4-11,13,16H,1,12,14H2,2-3H3,(H,25,31)(H,26,30)/t16-/m0/s1. The maximum atomic E-state index is 13.0. The van der Waals surface area contributed by atoms with Crippen molar-refractivity contribution >= 4 is 29.3 Å². The van der Waals surface area contributed by atoms with Crippen LogP contribution in [0.2, 0.25) is 0 Å². The van der Waals surface area contributed by atoms with E-state index in [0.29, 0.717) is 28.8 Å². The Labute approximate surface area is 190 Å². The van der Waals surface area contributed by atoms with Gasteiger partial charge in [0.15, 0.2) is 11.0 Å². The fraction of sp³-hybridized carbons (Fsp3) is 0.217. The number of rotatable bonds is 9. The van der Waals surface area contributed by atoms with Crippen LogP contribution >= 0.6 is 11.8 Å². The number of amides is 2. The molecule has 32 heavy (non-hydrogen) atoms. The quantitative estimate of drug-likeness (QED) is 0.376. The molecule has 2 amide bonds. The van der Waals surface area contributed by atoms with Crippen molar-refractivity contribution in [2.24, 2.45) is 0 Å². The second-order valence-corrected chi connectivity index (χ2v) is 8.09. The SMILES string of the molecule is C=CCn1c(SCC(=O)Nc2ccc(F)cc2)nnc1[C@H](C)NC(=O)c1cccc(C)c1. The number of hydrogen-bond donors (Lipinski definition) is 2. The van der Waals surface area contributed by atoms with Crippen LogP contribution in [-0.2, 0) is 11.3 Å². The van der Waals surface area contributed by atoms with E-state index in [4.69, 9.17) is 0 Å². The zero-order chi connectivity index (χ0) is 23.1. The van der Waals surface area contributed by atoms with Gasteiger partial charge in [-0.05, 0) is 50.2 Å². The first kappa shape index (κ1) is 23.2. The van der Waals surface area contributed by atoms with E-state index in [1.165, 1.54) is 36.0 Å². The molecule has 166 valence electrons. The average molecular weight is 454 g/mol. The Balaban J connectivity index is 1.66. The van der Waals surface area contributed by atoms with Crippen molar-refractivity contribution in [1.29, 1.82) is 0 Å². The Bertz CT molecular complexity index is 1110. The number of anilines is 1. The van der Waals surface area contributed by atoms with Crippen molar-refractivity contribution in [2.75, 3.05) is 11.1 Å². The minimum absolute atomic E-state index is 0.0939. The van der Waals surface area contributed by atoms with Crippen molar-refractivity contribution in [3.63, 3.8) is 0 Å². The highest BCUT2D eigenvalue weighted by atomic mass is 32.2. The number of carbonyl (C=O) groups excluding carboxylic acids is 2. The number of aromatic nitrogens is 3. The Morgan fingerprint density at radius 2 is 1.97 bits per heavy atom. The maximum absolute atomic E-state index is 13.0. The molecule has 0 saturated heterocycles. The number of thioether (sulfide) groups is 1. The third-order valence-electron chi connectivity index (χ3n) is 4.53. The summed E-state index contributed by atoms with van der Waals surface area (Å²) in [5.41, 5.74) is 2.08. The van der Waals surface area contributed by atoms with Gasteiger partial charge in [0, 0.05) is 17.8 Å². The molecule has 7 nitrogen and oxygen atoms in total. The smallest absolute Gasteiger partial charge is 0.251 e. The van der Waals surface area contributed by atoms with Crippen LogP contribution in [0.25, 0.3) is 0 Å². The lowest BCUT2D eigenvalue weighted by atomic mass is 10.1. The molecule has 9 heteroatoms. The summed E-state index contributed by atoms with van der Waals surface area (Å²) < 4.78 is 14.8. The van der Waals surface area contributed by atoms with Crippen LogP contribution in [0.4, 0.5) is 10.1 Å². The molecule has 1 atom stereocenters. The van der Waals surface area contributed by atoms with Gasteiger partial charge >= 0.3 is 0 Å². The van der Waals surface area contributed by atoms with Crippen molar-refractivity contribution in [1.82, 2.24) is 20.1 Å². The molecule has 0 spiro atoms. The van der Waals surface area contributed by atoms with Crippen molar-refractivity contribution in [2.45, 2.75) is 31.6 Å². The Morgan fingerprint density at radius 3 is 2.66 bits per heavy atom. The van der Waals surface area contributed by atoms with Gasteiger partial charge in [-0.15, -0.1) is 16.8 Å². The molecule has 0 bridgehead atoms. The molecule has 3 aromatic rings. The van der Waals surface area contributed by atoms with Crippen LogP contribution in [0, 0.1) is 12.7 Å². The summed E-state index contributed by atoms with van der Waals surface area (Å²) >= 11 is 1.22. The Morgan fingerprint density at radius 1 is 1.22 bits per heavy atom. The molecule has 0 unspecified atom stereocenters. The number of nitrogens with one attached hydrogen (secondary N) is 2. The van der Waals surface area contributed by atoms with E-state index < -0.39 is 6.04 Å². The lowest BCUT2D eigenvalue weighted by Crippen LogP contribution is -2.28. The van der Waals surface area contributed by atoms with E-state index in [2.05, 4.69) is 27.4 Å². The first-order chi connectivity index (χ1) is 15.4. The number of hydrogen-bond acceptors (Lipinski definition) is 5. The monoisotopic (exact) mass is 453 g/mol. The van der Waals surface area contributed by atoms with Crippen LogP contribution in [0.5, 0.6) is 0 Å². The maximum Gasteiger partial charge on any atom is 0.251 e. The number of nitrogens with zero attached hydrogens (tertiary/aromatic N) is 3. The number of carbonyl (C=O) groups is 2. The Hall–Kier alpha value is -3.46. The van der Waals surface area contributed by atoms with E-state index in [1.807, 2.05) is 36.6 Å². The molecule has 2 N–H and O–H groups in total. The van der Waals surface area contributed by atoms with Crippen molar-refractivity contribution in [3.8, 4) is 0 Å². The van der Waals surface area contributed by atoms with Gasteiger partial charge in [0.05, 0.1) is 11.8 Å². The second-order valence-electron chi connectivity index (χ2n) is 7.15. The minimum Gasteiger partial charge on any atom is -0.342 e. The van der Waals surface area contributed by atoms with Gasteiger partial charge in [-0.1, -0.05) is 35.5 Å². The molecule has 3 rings (SSSR count). The van der Waals surface area contributed by atoms with Gasteiger partial charge < -0.3 is 15.2 Å². The highest BCUT2D eigenvalue weighted by Crippen LogP contribution is 2.21. The molecule has 0 fully saturated rings. The van der Waals surface area contributed by atoms with Crippen LogP contribution in [0.1, 0.15) is 34.7 Å². The molecule has 2 aromatic carbocycles. The highest BCUT2D eigenvalue weighted by molar-refractivity contribution is 7.99. The van der Waals surface area contributed by atoms with Gasteiger partial charge in [0.2, 0.25) is 5.91 Å². The fourth-order valence-electron chi connectivity index (χ4n) is 3.02. The zero-order valence-electron chi connectivity index (χ0n) is 17.8. The highest BCUT2D eigenvalue weighted by Gasteiger charge is 2.20. The fourth-order valence-corrected chi connectivity index (χ4v) is 3.77. The van der Waals surface area contributed by atoms with Gasteiger partial charge in [0.1, 0.15) is 5.82 Å². The largest absolute Gasteiger partial charge is 0.342 e. The van der Waals surface area contributed by atoms with Crippen molar-refractivity contribution < 1.29 is 14.0 Å². The van der Waals surface area contributed by atoms with Crippen LogP contribution in [0.15, 0.2) is 66.3 Å². The predicted molar refractivity (Wildman–Crippen MR) is 123 cm³/mol. The molecular formula is C23H24FN5O2S. The average Bonchev–Trinajstić information content (AvgIpc) is 3.17. The van der Waals surface area contributed by atoms with E-state index >= 15 is 0 Å². The number of benzene rings is 2. The lowest BCUT2D eigenvalue weighted by molar-refractivity contribution is -0.113. The summed E-state index contributed by atoms with van der Waals surface area (Å²) in [4.78, 5) is 24.8. The van der Waals surface area contributed by atoms with Crippen LogP contribution in [-0.4, -0.2) is 32.3 Å². The molecule has 0 saturated carbocycles. The normalized spacial score (nSPS) is 11.6. The minimum atomic E-state index is -0.405. The summed E-state index contributed by atoms with van der Waals surface area (Å²) in [5.74, 6) is -0.172. The van der Waals surface area contributed by atoms with Crippen molar-refractivity contribution in [3.05, 3.63) is 84.0 Å². The number of allylic oxidation sites excluding steroid dienone is 1. The molecule has 0 aliphatic rings. The van der Waals surface area contributed by atoms with E-state index in [1.54, 1.807) is 12.1 Å². The number of halogens is 1. The molecule has 0 radical (unpaired) electrons. The van der Waals surface area contributed by atoms with Gasteiger partial charge in [-0.25, -0.2) is 4.39 Å². The van der Waals surface area contributed by atoms with Crippen LogP contribution in [0.3, 0.4) is 0 Å². The van der Waals surface area contributed by atoms with Crippen LogP contribution < -0.4 is 10.6 Å². The molecule has 1 heterocycles. The van der Waals surface area contributed by atoms with E-state index in [9.17, 15) is 14.0 Å². The van der Waals surface area contributed by atoms with E-state index in [0.717, 1.165) is 5.56 Å². The molecular weight excluding hydrogens is 429 g/mol. The third-order valence-corrected chi connectivity index (χ3v) is 5.50. The number of aryl methyl sites for hydroxylation is 1. The van der Waals surface area contributed by atoms with Gasteiger partial charge in [-0.3, -0.25) is 9.59 Å². The van der Waals surface area contributed by atoms with Gasteiger partial charge in [0.25, 0.3) is 5.91 Å². The first-order valence-corrected chi connectivity index (χ1v) is 11.0. The topological polar surface area (TPSA) is 88.9 Å². The summed E-state index contributed by atoms with van der Waals surface area (Å²) in [6, 6.07) is 12.5. The lowest BCUT2D eigenvalue weighted by Gasteiger charge is -2.15. The third kappa shape index (κ3) is 6.04.